The Hall–Kier alpha value is -1.79. The van der Waals surface area contributed by atoms with Gasteiger partial charge in [-0.1, -0.05) is 37.8 Å². The van der Waals surface area contributed by atoms with Gasteiger partial charge in [-0.2, -0.15) is 0 Å². The molecule has 0 saturated heterocycles. The van der Waals surface area contributed by atoms with Crippen molar-refractivity contribution in [3.05, 3.63) is 29.8 Å². The zero-order chi connectivity index (χ0) is 23.4. The second-order valence-corrected chi connectivity index (χ2v) is 12.1. The molecule has 178 valence electrons. The number of rotatable bonds is 2. The van der Waals surface area contributed by atoms with Gasteiger partial charge < -0.3 is 9.84 Å². The van der Waals surface area contributed by atoms with E-state index in [-0.39, 0.29) is 16.7 Å². The molecule has 0 amide bonds. The molecule has 4 aliphatic carbocycles. The average molecular weight is 449 g/mol. The van der Waals surface area contributed by atoms with Crippen LogP contribution in [0.1, 0.15) is 84.1 Å². The number of aliphatic hydroxyl groups is 1. The predicted molar refractivity (Wildman–Crippen MR) is 131 cm³/mol. The Balaban J connectivity index is 1.35. The summed E-state index contributed by atoms with van der Waals surface area (Å²) in [5.41, 5.74) is 0.440. The van der Waals surface area contributed by atoms with E-state index in [9.17, 15) is 9.90 Å². The normalized spacial score (nSPS) is 44.0. The molecule has 8 atom stereocenters. The minimum atomic E-state index is -0.909. The molecule has 4 aliphatic rings. The predicted octanol–water partition coefficient (Wildman–Crippen LogP) is 6.03. The summed E-state index contributed by atoms with van der Waals surface area (Å²) in [5.74, 6) is 10.7. The molecule has 0 heterocycles. The van der Waals surface area contributed by atoms with Crippen LogP contribution in [0.25, 0.3) is 0 Å². The molecule has 4 saturated carbocycles. The highest BCUT2D eigenvalue weighted by Crippen LogP contribution is 2.68. The molecule has 33 heavy (non-hydrogen) atoms. The molecule has 1 aromatic rings. The van der Waals surface area contributed by atoms with E-state index >= 15 is 0 Å². The first-order chi connectivity index (χ1) is 15.7. The summed E-state index contributed by atoms with van der Waals surface area (Å²) in [6, 6.07) is 7.79. The number of Topliss-reactive ketones (excluding diaryl/α,β-unsaturated/α-hetero) is 1. The van der Waals surface area contributed by atoms with E-state index in [1.165, 1.54) is 32.1 Å². The summed E-state index contributed by atoms with van der Waals surface area (Å²) in [6.45, 7) is 6.76. The number of ether oxygens (including phenoxy) is 1. The maximum absolute atomic E-state index is 12.4. The SMILES string of the molecule is COc1ccccc1C#C[C@@]1(O)CC[C@@]2(C)[C@H](CC[C@@H]3[C@@H]2CC[C@]2(C)[C@@H](C(C)=O)CC[C@@H]32)C1. The molecule has 0 aliphatic heterocycles. The van der Waals surface area contributed by atoms with Crippen molar-refractivity contribution in [1.82, 2.24) is 0 Å². The van der Waals surface area contributed by atoms with Crippen LogP contribution < -0.4 is 4.74 Å². The van der Waals surface area contributed by atoms with Gasteiger partial charge in [0.15, 0.2) is 0 Å². The molecule has 0 aromatic heterocycles. The van der Waals surface area contributed by atoms with Crippen molar-refractivity contribution >= 4 is 5.78 Å². The maximum Gasteiger partial charge on any atom is 0.134 e. The lowest BCUT2D eigenvalue weighted by Crippen LogP contribution is -2.56. The first-order valence-corrected chi connectivity index (χ1v) is 13.1. The number of hydrogen-bond donors (Lipinski definition) is 1. The van der Waals surface area contributed by atoms with Crippen molar-refractivity contribution in [3.8, 4) is 17.6 Å². The van der Waals surface area contributed by atoms with E-state index in [0.717, 1.165) is 48.8 Å². The molecule has 5 rings (SSSR count). The van der Waals surface area contributed by atoms with Crippen LogP contribution in [-0.2, 0) is 4.79 Å². The number of fused-ring (bicyclic) bond motifs is 5. The van der Waals surface area contributed by atoms with Gasteiger partial charge in [-0.3, -0.25) is 4.79 Å². The van der Waals surface area contributed by atoms with Gasteiger partial charge >= 0.3 is 0 Å². The van der Waals surface area contributed by atoms with Gasteiger partial charge in [0, 0.05) is 5.92 Å². The number of ketones is 1. The lowest BCUT2D eigenvalue weighted by molar-refractivity contribution is -0.144. The number of methoxy groups -OCH3 is 1. The topological polar surface area (TPSA) is 46.5 Å². The van der Waals surface area contributed by atoms with Crippen LogP contribution >= 0.6 is 0 Å². The summed E-state index contributed by atoms with van der Waals surface area (Å²) < 4.78 is 5.44. The zero-order valence-corrected chi connectivity index (χ0v) is 20.8. The summed E-state index contributed by atoms with van der Waals surface area (Å²) in [7, 11) is 1.66. The number of hydrogen-bond acceptors (Lipinski definition) is 3. The maximum atomic E-state index is 12.4. The van der Waals surface area contributed by atoms with Gasteiger partial charge in [-0.15, -0.1) is 0 Å². The van der Waals surface area contributed by atoms with Gasteiger partial charge in [-0.05, 0) is 111 Å². The Labute approximate surface area is 199 Å². The van der Waals surface area contributed by atoms with Crippen LogP contribution in [0.2, 0.25) is 0 Å². The zero-order valence-electron chi connectivity index (χ0n) is 20.8. The molecular formula is C30H40O3. The van der Waals surface area contributed by atoms with E-state index in [1.807, 2.05) is 31.2 Å². The Morgan fingerprint density at radius 1 is 1.00 bits per heavy atom. The van der Waals surface area contributed by atoms with Crippen LogP contribution in [-0.4, -0.2) is 23.6 Å². The number of carbonyl (C=O) groups is 1. The van der Waals surface area contributed by atoms with Gasteiger partial charge in [0.25, 0.3) is 0 Å². The Morgan fingerprint density at radius 2 is 1.76 bits per heavy atom. The van der Waals surface area contributed by atoms with Crippen molar-refractivity contribution in [3.63, 3.8) is 0 Å². The highest BCUT2D eigenvalue weighted by atomic mass is 16.5. The van der Waals surface area contributed by atoms with E-state index in [4.69, 9.17) is 4.74 Å². The fourth-order valence-corrected chi connectivity index (χ4v) is 8.96. The van der Waals surface area contributed by atoms with E-state index in [1.54, 1.807) is 7.11 Å². The summed E-state index contributed by atoms with van der Waals surface area (Å²) in [5, 5.41) is 11.5. The molecule has 0 spiro atoms. The third-order valence-corrected chi connectivity index (χ3v) is 10.8. The van der Waals surface area contributed by atoms with Crippen molar-refractivity contribution in [1.29, 1.82) is 0 Å². The average Bonchev–Trinajstić information content (AvgIpc) is 3.16. The summed E-state index contributed by atoms with van der Waals surface area (Å²) in [6.07, 6.45) is 9.81. The van der Waals surface area contributed by atoms with E-state index in [0.29, 0.717) is 17.6 Å². The fourth-order valence-electron chi connectivity index (χ4n) is 8.96. The largest absolute Gasteiger partial charge is 0.495 e. The lowest BCUT2D eigenvalue weighted by Gasteiger charge is -2.61. The first kappa shape index (κ1) is 23.0. The Morgan fingerprint density at radius 3 is 2.52 bits per heavy atom. The van der Waals surface area contributed by atoms with Gasteiger partial charge in [-0.25, -0.2) is 0 Å². The minimum Gasteiger partial charge on any atom is -0.495 e. The molecular weight excluding hydrogens is 408 g/mol. The van der Waals surface area contributed by atoms with Crippen LogP contribution in [0.5, 0.6) is 5.75 Å². The van der Waals surface area contributed by atoms with Crippen LogP contribution in [0.3, 0.4) is 0 Å². The van der Waals surface area contributed by atoms with Crippen molar-refractivity contribution in [2.75, 3.05) is 7.11 Å². The van der Waals surface area contributed by atoms with Gasteiger partial charge in [0.05, 0.1) is 12.7 Å². The third kappa shape index (κ3) is 3.65. The Bertz CT molecular complexity index is 988. The highest BCUT2D eigenvalue weighted by Gasteiger charge is 2.61. The monoisotopic (exact) mass is 448 g/mol. The van der Waals surface area contributed by atoms with Crippen LogP contribution in [0.4, 0.5) is 0 Å². The van der Waals surface area contributed by atoms with Gasteiger partial charge in [0.2, 0.25) is 0 Å². The summed E-state index contributed by atoms with van der Waals surface area (Å²) in [4.78, 5) is 12.4. The lowest BCUT2D eigenvalue weighted by atomic mass is 9.44. The smallest absolute Gasteiger partial charge is 0.134 e. The fraction of sp³-hybridized carbons (Fsp3) is 0.700. The summed E-state index contributed by atoms with van der Waals surface area (Å²) >= 11 is 0. The highest BCUT2D eigenvalue weighted by molar-refractivity contribution is 5.79. The van der Waals surface area contributed by atoms with E-state index < -0.39 is 5.60 Å². The number of carbonyl (C=O) groups excluding carboxylic acids is 1. The van der Waals surface area contributed by atoms with Crippen molar-refractivity contribution < 1.29 is 14.6 Å². The minimum absolute atomic E-state index is 0.214. The van der Waals surface area contributed by atoms with Crippen molar-refractivity contribution in [2.24, 2.45) is 40.4 Å². The Kier molecular flexibility index (Phi) is 5.68. The van der Waals surface area contributed by atoms with Gasteiger partial charge in [0.1, 0.15) is 17.1 Å². The van der Waals surface area contributed by atoms with E-state index in [2.05, 4.69) is 25.7 Å². The standard InChI is InChI=1S/C30H40O3/c1-20(31)24-11-12-25-23-10-9-22-19-30(32,16-13-21-7-5-6-8-27(21)33-4)18-17-28(22,2)26(23)14-15-29(24,25)3/h5-8,22-26,32H,9-12,14-15,17-19H2,1-4H3/t22-,23+,24-,25+,26+,28+,29-,30-/m1/s1. The molecule has 0 radical (unpaired) electrons. The number of benzene rings is 1. The van der Waals surface area contributed by atoms with Crippen LogP contribution in [0.15, 0.2) is 24.3 Å². The molecule has 3 nitrogen and oxygen atoms in total. The molecule has 1 aromatic carbocycles. The molecule has 4 fully saturated rings. The molecule has 1 N–H and O–H groups in total. The third-order valence-electron chi connectivity index (χ3n) is 10.8. The quantitative estimate of drug-likeness (QED) is 0.562. The van der Waals surface area contributed by atoms with Crippen LogP contribution in [0, 0.1) is 52.3 Å². The number of para-hydroxylation sites is 1. The molecule has 3 heteroatoms. The second kappa shape index (κ2) is 8.16. The molecule has 0 unspecified atom stereocenters. The van der Waals surface area contributed by atoms with Crippen molar-refractivity contribution in [2.45, 2.75) is 84.2 Å². The first-order valence-electron chi connectivity index (χ1n) is 13.1. The molecule has 0 bridgehead atoms. The second-order valence-electron chi connectivity index (χ2n) is 12.1.